The Morgan fingerprint density at radius 3 is 2.83 bits per heavy atom. The fraction of sp³-hybridized carbons (Fsp3) is 0.400. The molecular weight excluding hydrogens is 148 g/mol. The van der Waals surface area contributed by atoms with E-state index in [9.17, 15) is 0 Å². The van der Waals surface area contributed by atoms with Crippen molar-refractivity contribution >= 4 is 6.21 Å². The second-order valence-electron chi connectivity index (χ2n) is 3.02. The standard InChI is InChI=1S/C10H14N2/c1-8(2)9-5-4-6-12-10(9)7-11-3/h4-8H,1-3H3. The van der Waals surface area contributed by atoms with Crippen LogP contribution in [0.15, 0.2) is 23.3 Å². The van der Waals surface area contributed by atoms with E-state index < -0.39 is 0 Å². The number of pyridine rings is 1. The van der Waals surface area contributed by atoms with Gasteiger partial charge in [-0.05, 0) is 17.5 Å². The summed E-state index contributed by atoms with van der Waals surface area (Å²) in [5.74, 6) is 0.506. The molecule has 0 radical (unpaired) electrons. The molecule has 0 fully saturated rings. The van der Waals surface area contributed by atoms with Crippen molar-refractivity contribution in [1.82, 2.24) is 4.98 Å². The summed E-state index contributed by atoms with van der Waals surface area (Å²) >= 11 is 0. The lowest BCUT2D eigenvalue weighted by molar-refractivity contribution is 0.855. The van der Waals surface area contributed by atoms with Crippen molar-refractivity contribution in [3.8, 4) is 0 Å². The van der Waals surface area contributed by atoms with Gasteiger partial charge in [0, 0.05) is 19.5 Å². The zero-order chi connectivity index (χ0) is 8.97. The van der Waals surface area contributed by atoms with Crippen LogP contribution < -0.4 is 0 Å². The van der Waals surface area contributed by atoms with Gasteiger partial charge in [0.2, 0.25) is 0 Å². The van der Waals surface area contributed by atoms with Crippen LogP contribution in [0.25, 0.3) is 0 Å². The van der Waals surface area contributed by atoms with E-state index >= 15 is 0 Å². The monoisotopic (exact) mass is 162 g/mol. The molecule has 0 saturated carbocycles. The second-order valence-corrected chi connectivity index (χ2v) is 3.02. The Morgan fingerprint density at radius 2 is 2.25 bits per heavy atom. The first kappa shape index (κ1) is 8.91. The fourth-order valence-corrected chi connectivity index (χ4v) is 1.15. The molecule has 0 spiro atoms. The predicted octanol–water partition coefficient (Wildman–Crippen LogP) is 2.25. The zero-order valence-corrected chi connectivity index (χ0v) is 7.78. The van der Waals surface area contributed by atoms with E-state index in [4.69, 9.17) is 0 Å². The van der Waals surface area contributed by atoms with E-state index in [1.54, 1.807) is 19.5 Å². The van der Waals surface area contributed by atoms with E-state index in [0.717, 1.165) is 5.69 Å². The van der Waals surface area contributed by atoms with Crippen molar-refractivity contribution in [2.45, 2.75) is 19.8 Å². The minimum atomic E-state index is 0.506. The molecule has 0 unspecified atom stereocenters. The highest BCUT2D eigenvalue weighted by atomic mass is 14.7. The maximum atomic E-state index is 4.24. The normalized spacial score (nSPS) is 11.3. The maximum Gasteiger partial charge on any atom is 0.0842 e. The Bertz CT molecular complexity index is 277. The molecule has 12 heavy (non-hydrogen) atoms. The van der Waals surface area contributed by atoms with Crippen LogP contribution in [0.3, 0.4) is 0 Å². The molecule has 2 heteroatoms. The molecule has 0 atom stereocenters. The minimum Gasteiger partial charge on any atom is -0.294 e. The minimum absolute atomic E-state index is 0.506. The number of nitrogens with zero attached hydrogens (tertiary/aromatic N) is 2. The molecule has 0 aliphatic carbocycles. The van der Waals surface area contributed by atoms with Crippen LogP contribution in [-0.2, 0) is 0 Å². The van der Waals surface area contributed by atoms with Crippen molar-refractivity contribution in [1.29, 1.82) is 0 Å². The Morgan fingerprint density at radius 1 is 1.50 bits per heavy atom. The predicted molar refractivity (Wildman–Crippen MR) is 51.8 cm³/mol. The van der Waals surface area contributed by atoms with Gasteiger partial charge in [0.15, 0.2) is 0 Å². The van der Waals surface area contributed by atoms with Gasteiger partial charge in [-0.1, -0.05) is 19.9 Å². The molecule has 0 bridgehead atoms. The molecule has 1 rings (SSSR count). The largest absolute Gasteiger partial charge is 0.294 e. The van der Waals surface area contributed by atoms with E-state index in [0.29, 0.717) is 5.92 Å². The molecule has 0 aliphatic heterocycles. The van der Waals surface area contributed by atoms with Gasteiger partial charge in [-0.2, -0.15) is 0 Å². The number of hydrogen-bond donors (Lipinski definition) is 0. The fourth-order valence-electron chi connectivity index (χ4n) is 1.15. The van der Waals surface area contributed by atoms with Crippen LogP contribution in [0, 0.1) is 0 Å². The molecule has 2 nitrogen and oxygen atoms in total. The summed E-state index contributed by atoms with van der Waals surface area (Å²) in [5, 5.41) is 0. The van der Waals surface area contributed by atoms with Crippen LogP contribution >= 0.6 is 0 Å². The topological polar surface area (TPSA) is 25.2 Å². The molecule has 1 heterocycles. The lowest BCUT2D eigenvalue weighted by Crippen LogP contribution is -1.97. The summed E-state index contributed by atoms with van der Waals surface area (Å²) in [5.41, 5.74) is 2.23. The molecule has 0 N–H and O–H groups in total. The lowest BCUT2D eigenvalue weighted by Gasteiger charge is -2.06. The third-order valence-electron chi connectivity index (χ3n) is 1.74. The number of rotatable bonds is 2. The maximum absolute atomic E-state index is 4.24. The van der Waals surface area contributed by atoms with E-state index in [-0.39, 0.29) is 0 Å². The highest BCUT2D eigenvalue weighted by molar-refractivity contribution is 5.79. The first-order chi connectivity index (χ1) is 5.75. The molecule has 1 aromatic rings. The second kappa shape index (κ2) is 4.00. The van der Waals surface area contributed by atoms with Gasteiger partial charge in [-0.25, -0.2) is 0 Å². The Kier molecular flexibility index (Phi) is 2.97. The highest BCUT2D eigenvalue weighted by Crippen LogP contribution is 2.15. The van der Waals surface area contributed by atoms with Crippen molar-refractivity contribution in [3.05, 3.63) is 29.6 Å². The van der Waals surface area contributed by atoms with Gasteiger partial charge in [0.1, 0.15) is 0 Å². The lowest BCUT2D eigenvalue weighted by atomic mass is 10.0. The number of hydrogen-bond acceptors (Lipinski definition) is 2. The zero-order valence-electron chi connectivity index (χ0n) is 7.78. The summed E-state index contributed by atoms with van der Waals surface area (Å²) in [6.45, 7) is 4.31. The van der Waals surface area contributed by atoms with Crippen LogP contribution in [0.4, 0.5) is 0 Å². The van der Waals surface area contributed by atoms with Crippen LogP contribution in [0.1, 0.15) is 31.0 Å². The van der Waals surface area contributed by atoms with E-state index in [1.807, 2.05) is 6.07 Å². The molecular formula is C10H14N2. The molecule has 0 aliphatic rings. The smallest absolute Gasteiger partial charge is 0.0842 e. The van der Waals surface area contributed by atoms with Gasteiger partial charge in [0.05, 0.1) is 5.69 Å². The Hall–Kier alpha value is -1.18. The van der Waals surface area contributed by atoms with Crippen molar-refractivity contribution in [2.75, 3.05) is 7.05 Å². The summed E-state index contributed by atoms with van der Waals surface area (Å²) in [6, 6.07) is 4.05. The highest BCUT2D eigenvalue weighted by Gasteiger charge is 2.03. The molecule has 0 saturated heterocycles. The first-order valence-electron chi connectivity index (χ1n) is 4.12. The summed E-state index contributed by atoms with van der Waals surface area (Å²) in [4.78, 5) is 8.20. The van der Waals surface area contributed by atoms with Gasteiger partial charge >= 0.3 is 0 Å². The van der Waals surface area contributed by atoms with Crippen LogP contribution in [0.5, 0.6) is 0 Å². The van der Waals surface area contributed by atoms with Gasteiger partial charge in [0.25, 0.3) is 0 Å². The average molecular weight is 162 g/mol. The summed E-state index contributed by atoms with van der Waals surface area (Å²) in [6.07, 6.45) is 3.60. The quantitative estimate of drug-likeness (QED) is 0.612. The average Bonchev–Trinajstić information content (AvgIpc) is 2.05. The van der Waals surface area contributed by atoms with Crippen molar-refractivity contribution in [3.63, 3.8) is 0 Å². The number of aliphatic imine (C=N–C) groups is 1. The van der Waals surface area contributed by atoms with E-state index in [1.165, 1.54) is 5.56 Å². The molecule has 64 valence electrons. The van der Waals surface area contributed by atoms with Crippen LogP contribution in [0.2, 0.25) is 0 Å². The SMILES string of the molecule is CN=Cc1ncccc1C(C)C. The Labute approximate surface area is 73.4 Å². The summed E-state index contributed by atoms with van der Waals surface area (Å²) < 4.78 is 0. The van der Waals surface area contributed by atoms with Crippen molar-refractivity contribution in [2.24, 2.45) is 4.99 Å². The van der Waals surface area contributed by atoms with Gasteiger partial charge in [-0.3, -0.25) is 9.98 Å². The van der Waals surface area contributed by atoms with Crippen LogP contribution in [-0.4, -0.2) is 18.2 Å². The Balaban J connectivity index is 3.08. The number of aromatic nitrogens is 1. The van der Waals surface area contributed by atoms with Gasteiger partial charge in [-0.15, -0.1) is 0 Å². The third-order valence-corrected chi connectivity index (χ3v) is 1.74. The molecule has 0 amide bonds. The first-order valence-corrected chi connectivity index (χ1v) is 4.12. The molecule has 0 aromatic carbocycles. The summed E-state index contributed by atoms with van der Waals surface area (Å²) in [7, 11) is 1.76. The third kappa shape index (κ3) is 1.91. The van der Waals surface area contributed by atoms with Crippen molar-refractivity contribution < 1.29 is 0 Å². The van der Waals surface area contributed by atoms with E-state index in [2.05, 4.69) is 29.9 Å². The molecule has 1 aromatic heterocycles. The van der Waals surface area contributed by atoms with Gasteiger partial charge < -0.3 is 0 Å².